The second-order valence-electron chi connectivity index (χ2n) is 7.72. The van der Waals surface area contributed by atoms with Gasteiger partial charge in [0.25, 0.3) is 0 Å². The molecule has 31 heavy (non-hydrogen) atoms. The minimum atomic E-state index is -0.194. The van der Waals surface area contributed by atoms with Gasteiger partial charge < -0.3 is 0 Å². The van der Waals surface area contributed by atoms with Gasteiger partial charge in [0, 0.05) is 36.0 Å². The zero-order valence-electron chi connectivity index (χ0n) is 17.4. The minimum Gasteiger partial charge on any atom is -0.273 e. The molecule has 6 heteroatoms. The molecule has 0 fully saturated rings. The Labute approximate surface area is 185 Å². The fourth-order valence-electron chi connectivity index (χ4n) is 4.01. The van der Waals surface area contributed by atoms with Crippen LogP contribution in [0.3, 0.4) is 0 Å². The average Bonchev–Trinajstić information content (AvgIpc) is 3.52. The second-order valence-corrected chi connectivity index (χ2v) is 8.50. The highest BCUT2D eigenvalue weighted by atomic mass is 32.1. The van der Waals surface area contributed by atoms with Crippen molar-refractivity contribution in [2.45, 2.75) is 26.3 Å². The van der Waals surface area contributed by atoms with Gasteiger partial charge in [0.05, 0.1) is 23.1 Å². The van der Waals surface area contributed by atoms with Crippen LogP contribution in [0.15, 0.2) is 82.7 Å². The number of hydrazone groups is 1. The Kier molecular flexibility index (Phi) is 5.00. The molecule has 0 N–H and O–H groups in total. The number of carbonyl (C=O) groups is 1. The van der Waals surface area contributed by atoms with Crippen LogP contribution in [0.1, 0.15) is 36.1 Å². The third-order valence-electron chi connectivity index (χ3n) is 5.50. The second kappa shape index (κ2) is 7.96. The van der Waals surface area contributed by atoms with Crippen LogP contribution in [0, 0.1) is 6.92 Å². The molecule has 5 rings (SSSR count). The fraction of sp³-hybridized carbons (Fsp3) is 0.160. The lowest BCUT2D eigenvalue weighted by molar-refractivity contribution is -0.130. The molecule has 5 nitrogen and oxygen atoms in total. The van der Waals surface area contributed by atoms with Gasteiger partial charge in [-0.1, -0.05) is 48.0 Å². The van der Waals surface area contributed by atoms with E-state index in [1.165, 1.54) is 5.56 Å². The van der Waals surface area contributed by atoms with Crippen molar-refractivity contribution in [3.05, 3.63) is 94.3 Å². The highest BCUT2D eigenvalue weighted by Crippen LogP contribution is 2.38. The van der Waals surface area contributed by atoms with Crippen LogP contribution in [-0.4, -0.2) is 26.4 Å². The Bertz CT molecular complexity index is 1260. The number of rotatable bonds is 4. The third kappa shape index (κ3) is 3.70. The molecule has 1 amide bonds. The van der Waals surface area contributed by atoms with Crippen LogP contribution in [0.4, 0.5) is 0 Å². The molecule has 1 aliphatic heterocycles. The van der Waals surface area contributed by atoms with Crippen molar-refractivity contribution in [2.75, 3.05) is 0 Å². The maximum absolute atomic E-state index is 12.5. The summed E-state index contributed by atoms with van der Waals surface area (Å²) in [6.07, 6.45) is 2.69. The van der Waals surface area contributed by atoms with Gasteiger partial charge in [-0.2, -0.15) is 21.5 Å². The molecule has 0 unspecified atom stereocenters. The third-order valence-corrected chi connectivity index (χ3v) is 6.18. The molecule has 0 saturated carbocycles. The average molecular weight is 427 g/mol. The summed E-state index contributed by atoms with van der Waals surface area (Å²) in [6.45, 7) is 3.64. The summed E-state index contributed by atoms with van der Waals surface area (Å²) >= 11 is 1.64. The molecule has 0 radical (unpaired) electrons. The van der Waals surface area contributed by atoms with Gasteiger partial charge in [-0.15, -0.1) is 0 Å². The predicted octanol–water partition coefficient (Wildman–Crippen LogP) is 5.61. The van der Waals surface area contributed by atoms with Gasteiger partial charge in [0.2, 0.25) is 5.91 Å². The molecule has 154 valence electrons. The van der Waals surface area contributed by atoms with E-state index < -0.39 is 0 Å². The van der Waals surface area contributed by atoms with Crippen molar-refractivity contribution in [3.8, 4) is 16.9 Å². The smallest absolute Gasteiger partial charge is 0.240 e. The van der Waals surface area contributed by atoms with Crippen LogP contribution >= 0.6 is 11.3 Å². The molecule has 2 aromatic carbocycles. The molecule has 0 bridgehead atoms. The summed E-state index contributed by atoms with van der Waals surface area (Å²) in [5, 5.41) is 15.4. The van der Waals surface area contributed by atoms with E-state index >= 15 is 0 Å². The first kappa shape index (κ1) is 19.5. The standard InChI is InChI=1S/C25H22N4OS/c1-17-7-6-8-19(13-17)23-14-24(29(26-23)18(2)30)22-15-28(21-9-4-3-5-10-21)27-25(22)20-11-12-31-16-20/h3-13,15-16,24H,14H2,1-2H3/t24-/m1/s1. The van der Waals surface area contributed by atoms with E-state index in [1.807, 2.05) is 52.7 Å². The van der Waals surface area contributed by atoms with E-state index in [0.717, 1.165) is 33.8 Å². The number of aryl methyl sites for hydroxylation is 1. The van der Waals surface area contributed by atoms with Gasteiger partial charge in [-0.3, -0.25) is 4.79 Å². The van der Waals surface area contributed by atoms with Crippen molar-refractivity contribution in [2.24, 2.45) is 5.10 Å². The molecule has 0 aliphatic carbocycles. The van der Waals surface area contributed by atoms with Gasteiger partial charge in [0.1, 0.15) is 0 Å². The molecule has 0 saturated heterocycles. The Hall–Kier alpha value is -3.51. The molecule has 0 spiro atoms. The number of nitrogens with zero attached hydrogens (tertiary/aromatic N) is 4. The maximum Gasteiger partial charge on any atom is 0.240 e. The fourth-order valence-corrected chi connectivity index (χ4v) is 4.65. The first-order valence-electron chi connectivity index (χ1n) is 10.2. The monoisotopic (exact) mass is 426 g/mol. The van der Waals surface area contributed by atoms with Gasteiger partial charge in [-0.05, 0) is 36.1 Å². The van der Waals surface area contributed by atoms with Crippen molar-refractivity contribution < 1.29 is 4.79 Å². The van der Waals surface area contributed by atoms with E-state index in [-0.39, 0.29) is 11.9 Å². The van der Waals surface area contributed by atoms with Crippen LogP contribution in [0.5, 0.6) is 0 Å². The quantitative estimate of drug-likeness (QED) is 0.426. The first-order valence-corrected chi connectivity index (χ1v) is 11.2. The summed E-state index contributed by atoms with van der Waals surface area (Å²) in [5.74, 6) is -0.0728. The number of benzene rings is 2. The Morgan fingerprint density at radius 2 is 1.90 bits per heavy atom. The number of amides is 1. The molecule has 1 atom stereocenters. The van der Waals surface area contributed by atoms with Gasteiger partial charge in [-0.25, -0.2) is 9.69 Å². The zero-order valence-corrected chi connectivity index (χ0v) is 18.2. The number of hydrogen-bond donors (Lipinski definition) is 0. The number of aromatic nitrogens is 2. The lowest BCUT2D eigenvalue weighted by Gasteiger charge is -2.20. The van der Waals surface area contributed by atoms with Crippen LogP contribution in [0.25, 0.3) is 16.9 Å². The van der Waals surface area contributed by atoms with Gasteiger partial charge >= 0.3 is 0 Å². The molecule has 4 aromatic rings. The summed E-state index contributed by atoms with van der Waals surface area (Å²) in [6, 6.07) is 20.2. The topological polar surface area (TPSA) is 50.5 Å². The summed E-state index contributed by atoms with van der Waals surface area (Å²) in [7, 11) is 0. The van der Waals surface area contributed by atoms with E-state index in [2.05, 4.69) is 36.6 Å². The molecule has 3 heterocycles. The molecule has 2 aromatic heterocycles. The largest absolute Gasteiger partial charge is 0.273 e. The number of hydrogen-bond acceptors (Lipinski definition) is 4. The van der Waals surface area contributed by atoms with Crippen molar-refractivity contribution >= 4 is 23.0 Å². The van der Waals surface area contributed by atoms with Crippen molar-refractivity contribution in [1.29, 1.82) is 0 Å². The van der Waals surface area contributed by atoms with Crippen LogP contribution in [-0.2, 0) is 4.79 Å². The Morgan fingerprint density at radius 1 is 1.06 bits per heavy atom. The molecular weight excluding hydrogens is 404 g/mol. The summed E-state index contributed by atoms with van der Waals surface area (Å²) in [4.78, 5) is 12.5. The lowest BCUT2D eigenvalue weighted by Crippen LogP contribution is -2.24. The van der Waals surface area contributed by atoms with E-state index in [0.29, 0.717) is 6.42 Å². The molecular formula is C25H22N4OS. The lowest BCUT2D eigenvalue weighted by atomic mass is 9.96. The van der Waals surface area contributed by atoms with E-state index in [9.17, 15) is 4.79 Å². The van der Waals surface area contributed by atoms with E-state index in [4.69, 9.17) is 10.2 Å². The highest BCUT2D eigenvalue weighted by Gasteiger charge is 2.34. The first-order chi connectivity index (χ1) is 15.1. The minimum absolute atomic E-state index is 0.0728. The van der Waals surface area contributed by atoms with Crippen molar-refractivity contribution in [3.63, 3.8) is 0 Å². The number of thiophene rings is 1. The van der Waals surface area contributed by atoms with Crippen molar-refractivity contribution in [1.82, 2.24) is 14.8 Å². The number of para-hydroxylation sites is 1. The van der Waals surface area contributed by atoms with E-state index in [1.54, 1.807) is 23.3 Å². The normalized spacial score (nSPS) is 15.9. The summed E-state index contributed by atoms with van der Waals surface area (Å²) in [5.41, 5.74) is 7.09. The SMILES string of the molecule is CC(=O)N1N=C(c2cccc(C)c2)C[C@@H]1c1cn(-c2ccccc2)nc1-c1ccsc1. The zero-order chi connectivity index (χ0) is 21.4. The Morgan fingerprint density at radius 3 is 2.61 bits per heavy atom. The predicted molar refractivity (Wildman–Crippen MR) is 124 cm³/mol. The summed E-state index contributed by atoms with van der Waals surface area (Å²) < 4.78 is 1.89. The number of carbonyl (C=O) groups excluding carboxylic acids is 1. The highest BCUT2D eigenvalue weighted by molar-refractivity contribution is 7.08. The maximum atomic E-state index is 12.5. The van der Waals surface area contributed by atoms with Crippen LogP contribution in [0.2, 0.25) is 0 Å². The Balaban J connectivity index is 1.60. The van der Waals surface area contributed by atoms with Gasteiger partial charge in [0.15, 0.2) is 0 Å². The molecule has 1 aliphatic rings. The van der Waals surface area contributed by atoms with Crippen LogP contribution < -0.4 is 0 Å².